The summed E-state index contributed by atoms with van der Waals surface area (Å²) in [5.41, 5.74) is 1.50. The number of hydrogen-bond acceptors (Lipinski definition) is 1. The third-order valence-electron chi connectivity index (χ3n) is 4.10. The summed E-state index contributed by atoms with van der Waals surface area (Å²) in [6.45, 7) is 6.18. The SMILES string of the molecule is CCC(O)(Cc1ccc(C(C)C)cc1)c1ccccc1F. The molecule has 0 aromatic heterocycles. The van der Waals surface area contributed by atoms with Gasteiger partial charge in [-0.15, -0.1) is 0 Å². The van der Waals surface area contributed by atoms with Crippen molar-refractivity contribution in [1.82, 2.24) is 0 Å². The third kappa shape index (κ3) is 3.51. The molecule has 21 heavy (non-hydrogen) atoms. The van der Waals surface area contributed by atoms with Crippen LogP contribution in [0.25, 0.3) is 0 Å². The van der Waals surface area contributed by atoms with Gasteiger partial charge in [0.15, 0.2) is 0 Å². The van der Waals surface area contributed by atoms with Crippen LogP contribution in [-0.4, -0.2) is 5.11 Å². The van der Waals surface area contributed by atoms with Gasteiger partial charge < -0.3 is 5.11 Å². The first-order chi connectivity index (χ1) is 9.96. The predicted octanol–water partition coefficient (Wildman–Crippen LogP) is 4.79. The van der Waals surface area contributed by atoms with Crippen LogP contribution in [0, 0.1) is 5.82 Å². The first-order valence-electron chi connectivity index (χ1n) is 7.52. The molecule has 0 aliphatic heterocycles. The van der Waals surface area contributed by atoms with E-state index in [2.05, 4.69) is 26.0 Å². The van der Waals surface area contributed by atoms with Gasteiger partial charge in [-0.1, -0.05) is 63.2 Å². The van der Waals surface area contributed by atoms with E-state index in [1.54, 1.807) is 18.2 Å². The van der Waals surface area contributed by atoms with Crippen LogP contribution in [0.3, 0.4) is 0 Å². The highest BCUT2D eigenvalue weighted by Gasteiger charge is 2.30. The summed E-state index contributed by atoms with van der Waals surface area (Å²) < 4.78 is 14.0. The molecular formula is C19H23FO. The summed E-state index contributed by atoms with van der Waals surface area (Å²) in [6, 6.07) is 14.7. The average Bonchev–Trinajstić information content (AvgIpc) is 2.48. The van der Waals surface area contributed by atoms with Crippen molar-refractivity contribution in [2.75, 3.05) is 0 Å². The monoisotopic (exact) mass is 286 g/mol. The van der Waals surface area contributed by atoms with Crippen LogP contribution in [0.2, 0.25) is 0 Å². The van der Waals surface area contributed by atoms with Crippen LogP contribution in [0.4, 0.5) is 4.39 Å². The number of rotatable bonds is 5. The highest BCUT2D eigenvalue weighted by molar-refractivity contribution is 5.30. The Morgan fingerprint density at radius 3 is 2.19 bits per heavy atom. The number of aliphatic hydroxyl groups is 1. The minimum atomic E-state index is -1.16. The molecular weight excluding hydrogens is 263 g/mol. The highest BCUT2D eigenvalue weighted by atomic mass is 19.1. The molecule has 1 nitrogen and oxygen atoms in total. The lowest BCUT2D eigenvalue weighted by Crippen LogP contribution is -2.29. The Morgan fingerprint density at radius 2 is 1.67 bits per heavy atom. The number of halogens is 1. The van der Waals surface area contributed by atoms with Crippen molar-refractivity contribution in [2.24, 2.45) is 0 Å². The van der Waals surface area contributed by atoms with Crippen LogP contribution in [0.1, 0.15) is 49.8 Å². The highest BCUT2D eigenvalue weighted by Crippen LogP contribution is 2.31. The van der Waals surface area contributed by atoms with Crippen LogP contribution >= 0.6 is 0 Å². The molecule has 2 rings (SSSR count). The van der Waals surface area contributed by atoms with Crippen molar-refractivity contribution in [3.8, 4) is 0 Å². The molecule has 2 aromatic rings. The molecule has 0 amide bonds. The van der Waals surface area contributed by atoms with E-state index in [0.29, 0.717) is 24.3 Å². The zero-order valence-electron chi connectivity index (χ0n) is 12.9. The fourth-order valence-electron chi connectivity index (χ4n) is 2.61. The zero-order valence-corrected chi connectivity index (χ0v) is 12.9. The lowest BCUT2D eigenvalue weighted by Gasteiger charge is -2.28. The quantitative estimate of drug-likeness (QED) is 0.838. The van der Waals surface area contributed by atoms with Gasteiger partial charge in [-0.2, -0.15) is 0 Å². The smallest absolute Gasteiger partial charge is 0.129 e. The summed E-state index contributed by atoms with van der Waals surface area (Å²) in [5.74, 6) is 0.135. The molecule has 2 heteroatoms. The van der Waals surface area contributed by atoms with E-state index in [9.17, 15) is 9.50 Å². The average molecular weight is 286 g/mol. The van der Waals surface area contributed by atoms with E-state index in [4.69, 9.17) is 0 Å². The Hall–Kier alpha value is -1.67. The maximum absolute atomic E-state index is 14.0. The van der Waals surface area contributed by atoms with Crippen LogP contribution in [-0.2, 0) is 12.0 Å². The molecule has 0 saturated heterocycles. The molecule has 1 N–H and O–H groups in total. The summed E-state index contributed by atoms with van der Waals surface area (Å²) in [7, 11) is 0. The van der Waals surface area contributed by atoms with Crippen molar-refractivity contribution < 1.29 is 9.50 Å². The molecule has 0 aliphatic carbocycles. The lowest BCUT2D eigenvalue weighted by molar-refractivity contribution is 0.0291. The van der Waals surface area contributed by atoms with Gasteiger partial charge in [-0.25, -0.2) is 4.39 Å². The Balaban J connectivity index is 2.28. The summed E-state index contributed by atoms with van der Waals surface area (Å²) in [4.78, 5) is 0. The maximum Gasteiger partial charge on any atom is 0.129 e. The van der Waals surface area contributed by atoms with Gasteiger partial charge in [0.1, 0.15) is 5.82 Å². The van der Waals surface area contributed by atoms with E-state index < -0.39 is 5.60 Å². The molecule has 0 spiro atoms. The van der Waals surface area contributed by atoms with Crippen molar-refractivity contribution in [1.29, 1.82) is 0 Å². The van der Waals surface area contributed by atoms with Gasteiger partial charge in [0.05, 0.1) is 5.60 Å². The third-order valence-corrected chi connectivity index (χ3v) is 4.10. The largest absolute Gasteiger partial charge is 0.385 e. The van der Waals surface area contributed by atoms with Gasteiger partial charge in [-0.05, 0) is 29.5 Å². The molecule has 0 heterocycles. The minimum absolute atomic E-state index is 0.347. The van der Waals surface area contributed by atoms with Gasteiger partial charge in [0.25, 0.3) is 0 Å². The van der Waals surface area contributed by atoms with Crippen LogP contribution < -0.4 is 0 Å². The van der Waals surface area contributed by atoms with E-state index in [0.717, 1.165) is 5.56 Å². The van der Waals surface area contributed by atoms with Gasteiger partial charge in [-0.3, -0.25) is 0 Å². The summed E-state index contributed by atoms with van der Waals surface area (Å²) in [5, 5.41) is 10.9. The van der Waals surface area contributed by atoms with Crippen molar-refractivity contribution in [3.63, 3.8) is 0 Å². The lowest BCUT2D eigenvalue weighted by atomic mass is 9.84. The fourth-order valence-corrected chi connectivity index (χ4v) is 2.61. The second kappa shape index (κ2) is 6.40. The zero-order chi connectivity index (χ0) is 15.5. The van der Waals surface area contributed by atoms with E-state index in [1.807, 2.05) is 19.1 Å². The van der Waals surface area contributed by atoms with Crippen LogP contribution in [0.15, 0.2) is 48.5 Å². The van der Waals surface area contributed by atoms with E-state index in [1.165, 1.54) is 11.6 Å². The van der Waals surface area contributed by atoms with E-state index >= 15 is 0 Å². The maximum atomic E-state index is 14.0. The normalized spacial score (nSPS) is 14.2. The standard InChI is InChI=1S/C19H23FO/c1-4-19(21,17-7-5-6-8-18(17)20)13-15-9-11-16(12-10-15)14(2)3/h5-12,14,21H,4,13H2,1-3H3. The second-order valence-electron chi connectivity index (χ2n) is 5.94. The first kappa shape index (κ1) is 15.7. The van der Waals surface area contributed by atoms with E-state index in [-0.39, 0.29) is 5.82 Å². The first-order valence-corrected chi connectivity index (χ1v) is 7.52. The fraction of sp³-hybridized carbons (Fsp3) is 0.368. The molecule has 0 radical (unpaired) electrons. The van der Waals surface area contributed by atoms with Crippen molar-refractivity contribution in [3.05, 3.63) is 71.0 Å². The van der Waals surface area contributed by atoms with Crippen molar-refractivity contribution >= 4 is 0 Å². The molecule has 1 unspecified atom stereocenters. The summed E-state index contributed by atoms with van der Waals surface area (Å²) >= 11 is 0. The van der Waals surface area contributed by atoms with Crippen molar-refractivity contribution in [2.45, 2.75) is 45.1 Å². The van der Waals surface area contributed by atoms with Gasteiger partial charge in [0.2, 0.25) is 0 Å². The van der Waals surface area contributed by atoms with Gasteiger partial charge >= 0.3 is 0 Å². The van der Waals surface area contributed by atoms with Crippen LogP contribution in [0.5, 0.6) is 0 Å². The predicted molar refractivity (Wildman–Crippen MR) is 84.8 cm³/mol. The molecule has 1 atom stereocenters. The van der Waals surface area contributed by atoms with Gasteiger partial charge in [0, 0.05) is 12.0 Å². The molecule has 2 aromatic carbocycles. The Kier molecular flexibility index (Phi) is 4.79. The minimum Gasteiger partial charge on any atom is -0.385 e. The topological polar surface area (TPSA) is 20.2 Å². The number of hydrogen-bond donors (Lipinski definition) is 1. The molecule has 0 aliphatic rings. The second-order valence-corrected chi connectivity index (χ2v) is 5.94. The Bertz CT molecular complexity index is 589. The Labute approximate surface area is 126 Å². The molecule has 112 valence electrons. The molecule has 0 bridgehead atoms. The molecule has 0 fully saturated rings. The Morgan fingerprint density at radius 1 is 1.05 bits per heavy atom. The molecule has 0 saturated carbocycles. The number of benzene rings is 2. The summed E-state index contributed by atoms with van der Waals surface area (Å²) in [6.07, 6.45) is 0.892.